The Labute approximate surface area is 706 Å². The Bertz CT molecular complexity index is 5420. The molecule has 8 atom stereocenters. The van der Waals surface area contributed by atoms with E-state index in [9.17, 15) is 53.7 Å². The second-order valence-corrected chi connectivity index (χ2v) is 50.3. The number of carbonyl (C=O) groups is 2. The molecular formula is C91H133N7O20Si2. The summed E-state index contributed by atoms with van der Waals surface area (Å²) >= 11 is 0. The van der Waals surface area contributed by atoms with E-state index in [1.165, 1.54) is 19.3 Å². The van der Waals surface area contributed by atoms with Crippen LogP contribution in [0, 0.1) is 0 Å². The van der Waals surface area contributed by atoms with Crippen LogP contribution >= 0.6 is 0 Å². The van der Waals surface area contributed by atoms with Gasteiger partial charge in [-0.05, 0) is 178 Å². The third kappa shape index (κ3) is 18.8. The first kappa shape index (κ1) is 93.5. The maximum Gasteiger partial charge on any atom is 0.317 e. The monoisotopic (exact) mass is 1700 g/mol. The summed E-state index contributed by atoms with van der Waals surface area (Å²) in [5.74, 6) is -2.72. The average molecular weight is 1700 g/mol. The minimum absolute atomic E-state index is 0.0668. The van der Waals surface area contributed by atoms with Crippen molar-refractivity contribution in [2.24, 2.45) is 0 Å². The molecule has 4 aromatic carbocycles. The topological polar surface area (TPSA) is 324 Å². The Hall–Kier alpha value is -7.21. The maximum atomic E-state index is 13.3. The van der Waals surface area contributed by atoms with Crippen molar-refractivity contribution in [2.75, 3.05) is 37.9 Å². The van der Waals surface area contributed by atoms with Crippen LogP contribution in [-0.2, 0) is 114 Å². The zero-order valence-corrected chi connectivity index (χ0v) is 77.5. The lowest BCUT2D eigenvalue weighted by molar-refractivity contribution is -0.150. The average Bonchev–Trinajstić information content (AvgIpc) is 1.15. The van der Waals surface area contributed by atoms with Gasteiger partial charge in [-0.2, -0.15) is 0 Å². The number of ether oxygens (including phenoxy) is 6. The van der Waals surface area contributed by atoms with Gasteiger partial charge in [-0.3, -0.25) is 52.1 Å². The second kappa shape index (κ2) is 34.0. The normalized spacial score (nSPS) is 23.7. The highest BCUT2D eigenvalue weighted by atomic mass is 28.4. The summed E-state index contributed by atoms with van der Waals surface area (Å²) in [4.78, 5) is 102. The van der Waals surface area contributed by atoms with E-state index in [4.69, 9.17) is 42.4 Å². The summed E-state index contributed by atoms with van der Waals surface area (Å²) < 4.78 is 57.6. The number of Topliss-reactive ketones (excluding diaryl/α,β-unsaturated/α-hetero) is 1. The Kier molecular flexibility index (Phi) is 26.5. The van der Waals surface area contributed by atoms with Gasteiger partial charge >= 0.3 is 33.4 Å². The molecule has 8 aliphatic heterocycles. The second-order valence-electron chi connectivity index (χ2n) is 40.7. The van der Waals surface area contributed by atoms with E-state index in [0.29, 0.717) is 50.4 Å². The van der Waals surface area contributed by atoms with Crippen molar-refractivity contribution in [3.8, 4) is 0 Å². The maximum absolute atomic E-state index is 13.3. The minimum atomic E-state index is -1.99. The number of anilines is 1. The number of aliphatic hydroxyl groups is 4. The Morgan fingerprint density at radius 1 is 0.433 bits per heavy atom. The van der Waals surface area contributed by atoms with E-state index in [0.717, 1.165) is 82.1 Å². The fraction of sp³-hybridized carbons (Fsp3) is 0.648. The van der Waals surface area contributed by atoms with Crippen LogP contribution in [0.1, 0.15) is 205 Å². The summed E-state index contributed by atoms with van der Waals surface area (Å²) in [7, 11) is -3.69. The van der Waals surface area contributed by atoms with Gasteiger partial charge in [0.05, 0.1) is 91.0 Å². The molecule has 0 radical (unpaired) electrons. The van der Waals surface area contributed by atoms with Crippen molar-refractivity contribution in [2.45, 2.75) is 347 Å². The number of aryl methyl sites for hydroxylation is 3. The molecule has 0 spiro atoms. The highest BCUT2D eigenvalue weighted by Crippen LogP contribution is 2.46. The third-order valence-corrected chi connectivity index (χ3v) is 35.7. The number of hydrogen-bond acceptors (Lipinski definition) is 20. The summed E-state index contributed by atoms with van der Waals surface area (Å²) in [5, 5.41) is 38.5. The zero-order valence-electron chi connectivity index (χ0n) is 75.5. The highest BCUT2D eigenvalue weighted by molar-refractivity contribution is 6.74. The number of aliphatic hydroxyl groups excluding tert-OH is 4. The largest absolute Gasteiger partial charge is 0.414 e. The summed E-state index contributed by atoms with van der Waals surface area (Å²) in [6, 6.07) is 23.3. The number of hydrogen-bond donors (Lipinski definition) is 4. The first-order chi connectivity index (χ1) is 55.4. The molecule has 0 bridgehead atoms. The molecular weight excluding hydrogens is 1570 g/mol. The molecule has 3 fully saturated rings. The smallest absolute Gasteiger partial charge is 0.317 e. The lowest BCUT2D eigenvalue weighted by atomic mass is 9.75. The van der Waals surface area contributed by atoms with Crippen LogP contribution in [-0.4, -0.2) is 175 Å². The van der Waals surface area contributed by atoms with Gasteiger partial charge in [-0.25, -0.2) is 0 Å². The number of para-hydroxylation sites is 4. The van der Waals surface area contributed by atoms with Crippen molar-refractivity contribution < 1.29 is 67.3 Å². The van der Waals surface area contributed by atoms with Gasteiger partial charge in [-0.1, -0.05) is 158 Å². The van der Waals surface area contributed by atoms with Gasteiger partial charge in [0.2, 0.25) is 5.78 Å². The van der Waals surface area contributed by atoms with Crippen LogP contribution in [0.5, 0.6) is 0 Å². The predicted molar refractivity (Wildman–Crippen MR) is 470 cm³/mol. The van der Waals surface area contributed by atoms with Gasteiger partial charge in [0.15, 0.2) is 34.0 Å². The van der Waals surface area contributed by atoms with E-state index >= 15 is 0 Å². The first-order valence-electron chi connectivity index (χ1n) is 42.7. The number of aromatic nitrogens is 6. The van der Waals surface area contributed by atoms with E-state index in [-0.39, 0.29) is 94.4 Å². The van der Waals surface area contributed by atoms with Crippen molar-refractivity contribution in [3.05, 3.63) is 163 Å². The zero-order chi connectivity index (χ0) is 88.9. The van der Waals surface area contributed by atoms with Crippen LogP contribution in [0.2, 0.25) is 36.3 Å². The molecule has 29 heteroatoms. The van der Waals surface area contributed by atoms with Gasteiger partial charge < -0.3 is 76.3 Å². The van der Waals surface area contributed by atoms with E-state index < -0.39 is 104 Å². The molecule has 120 heavy (non-hydrogen) atoms. The standard InChI is InChI=1S/C26H40N2O5Si.C20H26N2O5.C17H22N2O5.C14H15NO2.C14H30O3Si/c1-24(2,3)34(8,9)31-16-20-19(32-26(6,7)33-20)15-28-18-12-10-11-17-21(18)27(22(29)23(28)30)14-13-25(17,4)5;1-19(2)8-9-21-16-12(19)6-5-7-13(16)22(18(25)17(21)24)10-14-15(11-23)27-20(3,4)26-14;1-17(2)6-7-18-14-10(17)4-3-5-11(14)19(16(24)15(18)23)8-12(21)13(22)9-20;1-14(2)6-7-15-12-9(4-3-5-10(12)14)8-11(16)13(15)17;1-9-11-12(17-14(5,6)16-11)10-15-18(7,8)13(2,3)4/h10-12,19-20H,13-16H2,1-9H3;5-7,14-15,23H,8-11H2,1-4H3;3-5,12-13,20-22H,6-9H2,1-2H3;3-5H,6-8H2,1-2H3;11-12H,9-10H2,1-8H3/t19-,20-;14-,15-;12-,13-;;11-,12-/m001.0/s1. The van der Waals surface area contributed by atoms with Crippen molar-refractivity contribution in [1.82, 2.24) is 27.4 Å². The summed E-state index contributed by atoms with van der Waals surface area (Å²) in [6.45, 7) is 55.6. The SMILES string of the molecule is CC1(C)CCN2C(=O)C(=O)Cc3cccc1c32.CC1(C)CCn2c(=O)c(=O)n(C[C@@H](O)[C@H](O)CO)c3cccc1c32.CC1(C)O[C@@H](CO)[C@H](Cn2c(=O)c(=O)n3c4c(cccc42)C(C)(C)CC3)O1.CC1(C)O[C@@H](CO[Si](C)(C)C(C)(C)C)[C@H](Cn2c(=O)c(=O)n3c4c(cccc42)C(C)(C)CC3)O1.CC[C@@H]1OC(C)(C)O[C@H]1CO[Si](C)(C)C(C)(C)C. The number of carbonyl (C=O) groups excluding carboxylic acids is 2. The predicted octanol–water partition coefficient (Wildman–Crippen LogP) is 11.1. The Morgan fingerprint density at radius 2 is 0.767 bits per heavy atom. The molecule has 660 valence electrons. The molecule has 3 aromatic heterocycles. The van der Waals surface area contributed by atoms with Crippen LogP contribution in [0.3, 0.4) is 0 Å². The molecule has 8 aliphatic rings. The van der Waals surface area contributed by atoms with Crippen LogP contribution in [0.4, 0.5) is 5.69 Å². The van der Waals surface area contributed by atoms with Gasteiger partial charge in [0, 0.05) is 32.6 Å². The molecule has 1 amide bonds. The molecule has 11 heterocycles. The first-order valence-corrected chi connectivity index (χ1v) is 48.5. The van der Waals surface area contributed by atoms with Crippen LogP contribution in [0.25, 0.3) is 33.1 Å². The minimum Gasteiger partial charge on any atom is -0.414 e. The Morgan fingerprint density at radius 3 is 1.16 bits per heavy atom. The lowest BCUT2D eigenvalue weighted by Gasteiger charge is -2.41. The molecule has 27 nitrogen and oxygen atoms in total. The number of benzene rings is 4. The molecule has 0 saturated carbocycles. The fourth-order valence-corrected chi connectivity index (χ4v) is 19.3. The fourth-order valence-electron chi connectivity index (χ4n) is 17.3. The molecule has 0 aliphatic carbocycles. The number of rotatable bonds is 16. The van der Waals surface area contributed by atoms with Gasteiger partial charge in [-0.15, -0.1) is 0 Å². The molecule has 3 saturated heterocycles. The van der Waals surface area contributed by atoms with Crippen LogP contribution in [0.15, 0.2) is 102 Å². The summed E-state index contributed by atoms with van der Waals surface area (Å²) in [5.41, 5.74) is 7.15. The Balaban J connectivity index is 0.000000150. The van der Waals surface area contributed by atoms with Crippen molar-refractivity contribution >= 4 is 67.1 Å². The quantitative estimate of drug-likeness (QED) is 0.0516. The molecule has 0 unspecified atom stereocenters. The van der Waals surface area contributed by atoms with Crippen LogP contribution < -0.4 is 38.3 Å². The van der Waals surface area contributed by atoms with E-state index in [1.807, 2.05) is 82.3 Å². The lowest BCUT2D eigenvalue weighted by Crippen LogP contribution is -2.47. The molecule has 4 N–H and O–H groups in total. The molecule has 7 aromatic rings. The summed E-state index contributed by atoms with van der Waals surface area (Å²) in [6.07, 6.45) is 0.234. The highest BCUT2D eigenvalue weighted by Gasteiger charge is 2.49. The van der Waals surface area contributed by atoms with Crippen molar-refractivity contribution in [3.63, 3.8) is 0 Å². The van der Waals surface area contributed by atoms with Crippen molar-refractivity contribution in [1.29, 1.82) is 0 Å². The number of amides is 1. The van der Waals surface area contributed by atoms with E-state index in [2.05, 4.69) is 142 Å². The third-order valence-electron chi connectivity index (χ3n) is 26.7. The van der Waals surface area contributed by atoms with Gasteiger partial charge in [0.1, 0.15) is 42.7 Å². The van der Waals surface area contributed by atoms with Gasteiger partial charge in [0.25, 0.3) is 5.91 Å². The van der Waals surface area contributed by atoms with E-state index in [1.54, 1.807) is 38.5 Å². The number of ketones is 1. The molecule has 15 rings (SSSR count). The number of nitrogens with zero attached hydrogens (tertiary/aromatic N) is 7.